The minimum absolute atomic E-state index is 0.521. The zero-order valence-corrected chi connectivity index (χ0v) is 12.3. The molecule has 0 spiro atoms. The molecule has 2 aromatic rings. The predicted molar refractivity (Wildman–Crippen MR) is 86.5 cm³/mol. The van der Waals surface area contributed by atoms with Gasteiger partial charge in [-0.05, 0) is 42.7 Å². The monoisotopic (exact) mass is 285 g/mol. The number of hydrogen-bond acceptors (Lipinski definition) is 1. The van der Waals surface area contributed by atoms with Crippen molar-refractivity contribution in [2.75, 3.05) is 5.32 Å². The highest BCUT2D eigenvalue weighted by Gasteiger charge is 2.26. The summed E-state index contributed by atoms with van der Waals surface area (Å²) in [6, 6.07) is 19.4. The van der Waals surface area contributed by atoms with Gasteiger partial charge in [-0.25, -0.2) is 0 Å². The highest BCUT2D eigenvalue weighted by Crippen LogP contribution is 2.34. The van der Waals surface area contributed by atoms with Crippen molar-refractivity contribution in [2.45, 2.75) is 37.6 Å². The molecule has 2 heteroatoms. The normalized spacial score (nSPS) is 22.4. The van der Waals surface area contributed by atoms with Crippen molar-refractivity contribution in [1.82, 2.24) is 0 Å². The van der Waals surface area contributed by atoms with E-state index >= 15 is 0 Å². The molecular weight excluding hydrogens is 266 g/mol. The van der Waals surface area contributed by atoms with E-state index in [1.807, 2.05) is 12.1 Å². The van der Waals surface area contributed by atoms with Gasteiger partial charge in [0.15, 0.2) is 0 Å². The van der Waals surface area contributed by atoms with Crippen molar-refractivity contribution in [2.24, 2.45) is 0 Å². The van der Waals surface area contributed by atoms with Crippen molar-refractivity contribution in [3.8, 4) is 0 Å². The van der Waals surface area contributed by atoms with Gasteiger partial charge in [-0.15, -0.1) is 0 Å². The quantitative estimate of drug-likeness (QED) is 0.787. The summed E-state index contributed by atoms with van der Waals surface area (Å²) in [5, 5.41) is 4.49. The van der Waals surface area contributed by atoms with Gasteiger partial charge in [-0.3, -0.25) is 0 Å². The fourth-order valence-corrected chi connectivity index (χ4v) is 3.29. The molecule has 0 saturated heterocycles. The van der Waals surface area contributed by atoms with Crippen LogP contribution >= 0.6 is 11.6 Å². The summed E-state index contributed by atoms with van der Waals surface area (Å²) in [6.45, 7) is 0. The Kier molecular flexibility index (Phi) is 4.27. The molecule has 1 N–H and O–H groups in total. The second-order valence-corrected chi connectivity index (χ2v) is 6.00. The van der Waals surface area contributed by atoms with Crippen LogP contribution in [-0.4, -0.2) is 6.04 Å². The summed E-state index contributed by atoms with van der Waals surface area (Å²) in [5.41, 5.74) is 2.63. The zero-order valence-electron chi connectivity index (χ0n) is 11.6. The number of benzene rings is 2. The van der Waals surface area contributed by atoms with Crippen LogP contribution in [0.15, 0.2) is 54.6 Å². The lowest BCUT2D eigenvalue weighted by molar-refractivity contribution is 0.405. The lowest BCUT2D eigenvalue weighted by Gasteiger charge is -2.33. The molecule has 0 bridgehead atoms. The van der Waals surface area contributed by atoms with Crippen LogP contribution in [0.2, 0.25) is 5.02 Å². The van der Waals surface area contributed by atoms with Gasteiger partial charge in [0.25, 0.3) is 0 Å². The van der Waals surface area contributed by atoms with E-state index in [0.717, 1.165) is 5.02 Å². The van der Waals surface area contributed by atoms with Crippen LogP contribution in [0.1, 0.15) is 37.2 Å². The molecule has 0 aromatic heterocycles. The van der Waals surface area contributed by atoms with Crippen LogP contribution < -0.4 is 5.32 Å². The Labute approximate surface area is 126 Å². The number of rotatable bonds is 3. The lowest BCUT2D eigenvalue weighted by atomic mass is 9.80. The summed E-state index contributed by atoms with van der Waals surface area (Å²) in [5.74, 6) is 0.612. The second kappa shape index (κ2) is 6.32. The average molecular weight is 286 g/mol. The van der Waals surface area contributed by atoms with Crippen molar-refractivity contribution >= 4 is 17.3 Å². The van der Waals surface area contributed by atoms with E-state index in [4.69, 9.17) is 11.6 Å². The van der Waals surface area contributed by atoms with Gasteiger partial charge in [0, 0.05) is 22.7 Å². The van der Waals surface area contributed by atoms with Crippen molar-refractivity contribution in [3.63, 3.8) is 0 Å². The Balaban J connectivity index is 1.77. The van der Waals surface area contributed by atoms with Crippen molar-refractivity contribution < 1.29 is 0 Å². The largest absolute Gasteiger partial charge is 0.382 e. The van der Waals surface area contributed by atoms with Crippen LogP contribution in [0, 0.1) is 0 Å². The van der Waals surface area contributed by atoms with Gasteiger partial charge in [-0.2, -0.15) is 0 Å². The summed E-state index contributed by atoms with van der Waals surface area (Å²) < 4.78 is 0. The molecule has 3 rings (SSSR count). The van der Waals surface area contributed by atoms with Crippen molar-refractivity contribution in [3.05, 3.63) is 65.2 Å². The maximum atomic E-state index is 5.95. The van der Waals surface area contributed by atoms with Gasteiger partial charge in [0.05, 0.1) is 0 Å². The molecule has 1 nitrogen and oxygen atoms in total. The molecule has 2 atom stereocenters. The highest BCUT2D eigenvalue weighted by atomic mass is 35.5. The molecule has 1 fully saturated rings. The maximum Gasteiger partial charge on any atom is 0.0407 e. The molecule has 2 unspecified atom stereocenters. The molecule has 0 radical (unpaired) electrons. The number of halogens is 1. The number of anilines is 1. The Morgan fingerprint density at radius 1 is 0.850 bits per heavy atom. The van der Waals surface area contributed by atoms with Gasteiger partial charge >= 0.3 is 0 Å². The minimum atomic E-state index is 0.521. The van der Waals surface area contributed by atoms with Gasteiger partial charge in [0.2, 0.25) is 0 Å². The number of hydrogen-bond donors (Lipinski definition) is 1. The fourth-order valence-electron chi connectivity index (χ4n) is 3.16. The summed E-state index contributed by atoms with van der Waals surface area (Å²) in [6.07, 6.45) is 5.16. The Morgan fingerprint density at radius 2 is 1.55 bits per heavy atom. The number of nitrogens with one attached hydrogen (secondary N) is 1. The van der Waals surface area contributed by atoms with E-state index < -0.39 is 0 Å². The molecular formula is C18H20ClN. The Morgan fingerprint density at radius 3 is 2.30 bits per heavy atom. The topological polar surface area (TPSA) is 12.0 Å². The fraction of sp³-hybridized carbons (Fsp3) is 0.333. The molecule has 104 valence electrons. The standard InChI is InChI=1S/C18H20ClN/c19-15-10-12-16(13-11-15)20-18-9-5-4-8-17(18)14-6-2-1-3-7-14/h1-3,6-7,10-13,17-18,20H,4-5,8-9H2. The lowest BCUT2D eigenvalue weighted by Crippen LogP contribution is -2.30. The molecule has 0 heterocycles. The summed E-state index contributed by atoms with van der Waals surface area (Å²) in [4.78, 5) is 0. The van der Waals surface area contributed by atoms with E-state index in [2.05, 4.69) is 47.8 Å². The highest BCUT2D eigenvalue weighted by molar-refractivity contribution is 6.30. The molecule has 20 heavy (non-hydrogen) atoms. The Bertz CT molecular complexity index is 535. The van der Waals surface area contributed by atoms with Crippen LogP contribution in [-0.2, 0) is 0 Å². The zero-order chi connectivity index (χ0) is 13.8. The van der Waals surface area contributed by atoms with Crippen LogP contribution in [0.3, 0.4) is 0 Å². The minimum Gasteiger partial charge on any atom is -0.382 e. The second-order valence-electron chi connectivity index (χ2n) is 5.56. The Hall–Kier alpha value is -1.47. The van der Waals surface area contributed by atoms with Crippen LogP contribution in [0.25, 0.3) is 0 Å². The first-order chi connectivity index (χ1) is 9.83. The van der Waals surface area contributed by atoms with Gasteiger partial charge < -0.3 is 5.32 Å². The van der Waals surface area contributed by atoms with Gasteiger partial charge in [0.1, 0.15) is 0 Å². The molecule has 0 amide bonds. The molecule has 1 aliphatic rings. The SMILES string of the molecule is Clc1ccc(NC2CCCCC2c2ccccc2)cc1. The van der Waals surface area contributed by atoms with E-state index in [1.54, 1.807) is 0 Å². The molecule has 1 saturated carbocycles. The third-order valence-corrected chi connectivity index (χ3v) is 4.44. The summed E-state index contributed by atoms with van der Waals surface area (Å²) in [7, 11) is 0. The van der Waals surface area contributed by atoms with E-state index in [0.29, 0.717) is 12.0 Å². The summed E-state index contributed by atoms with van der Waals surface area (Å²) >= 11 is 5.95. The first kappa shape index (κ1) is 13.5. The molecule has 1 aliphatic carbocycles. The van der Waals surface area contributed by atoms with Gasteiger partial charge in [-0.1, -0.05) is 54.8 Å². The van der Waals surface area contributed by atoms with Crippen molar-refractivity contribution in [1.29, 1.82) is 0 Å². The molecule has 2 aromatic carbocycles. The van der Waals surface area contributed by atoms with E-state index in [-0.39, 0.29) is 0 Å². The predicted octanol–water partition coefficient (Wildman–Crippen LogP) is 5.48. The third-order valence-electron chi connectivity index (χ3n) is 4.19. The first-order valence-electron chi connectivity index (χ1n) is 7.40. The average Bonchev–Trinajstić information content (AvgIpc) is 2.51. The maximum absolute atomic E-state index is 5.95. The van der Waals surface area contributed by atoms with Crippen LogP contribution in [0.4, 0.5) is 5.69 Å². The smallest absolute Gasteiger partial charge is 0.0407 e. The first-order valence-corrected chi connectivity index (χ1v) is 7.78. The van der Waals surface area contributed by atoms with E-state index in [1.165, 1.54) is 36.9 Å². The third kappa shape index (κ3) is 3.16. The van der Waals surface area contributed by atoms with Crippen LogP contribution in [0.5, 0.6) is 0 Å². The van der Waals surface area contributed by atoms with E-state index in [9.17, 15) is 0 Å². The molecule has 0 aliphatic heterocycles.